The van der Waals surface area contributed by atoms with Gasteiger partial charge >= 0.3 is 13.6 Å². The summed E-state index contributed by atoms with van der Waals surface area (Å²) < 4.78 is 10.3. The lowest BCUT2D eigenvalue weighted by Crippen LogP contribution is -2.08. The molecule has 2 aromatic heterocycles. The maximum Gasteiger partial charge on any atom is 0.389 e. The summed E-state index contributed by atoms with van der Waals surface area (Å²) in [6, 6.07) is 12.1. The van der Waals surface area contributed by atoms with Gasteiger partial charge in [-0.05, 0) is 12.1 Å². The van der Waals surface area contributed by atoms with Crippen molar-refractivity contribution in [2.75, 3.05) is 0 Å². The number of nitrogens with zero attached hydrogens (tertiary/aromatic N) is 2. The maximum absolute atomic E-state index is 10.3. The number of allylic oxidation sites excluding steroid dienone is 1. The zero-order valence-corrected chi connectivity index (χ0v) is 12.2. The van der Waals surface area contributed by atoms with Gasteiger partial charge < -0.3 is 9.88 Å². The van der Waals surface area contributed by atoms with Gasteiger partial charge in [0, 0.05) is 23.7 Å². The van der Waals surface area contributed by atoms with E-state index >= 15 is 0 Å². The summed E-state index contributed by atoms with van der Waals surface area (Å²) in [6.07, 6.45) is 5.58. The third-order valence-corrected chi connectivity index (χ3v) is 3.24. The van der Waals surface area contributed by atoms with E-state index in [9.17, 15) is 9.46 Å². The van der Waals surface area contributed by atoms with Gasteiger partial charge in [-0.2, -0.15) is 4.98 Å². The fraction of sp³-hybridized carbons (Fsp3) is 0.0667. The van der Waals surface area contributed by atoms with Gasteiger partial charge in [0.15, 0.2) is 0 Å². The second-order valence-electron chi connectivity index (χ2n) is 4.18. The maximum atomic E-state index is 10.3. The molecule has 0 spiro atoms. The molecule has 3 aromatic rings. The Morgan fingerprint density at radius 3 is 2.67 bits per heavy atom. The lowest BCUT2D eigenvalue weighted by Gasteiger charge is -1.91. The van der Waals surface area contributed by atoms with Crippen molar-refractivity contribution < 1.29 is 9.46 Å². The summed E-state index contributed by atoms with van der Waals surface area (Å²) >= 11 is 0. The number of hydrogen-bond donors (Lipinski definition) is 1. The van der Waals surface area contributed by atoms with Crippen molar-refractivity contribution in [3.63, 3.8) is 0 Å². The lowest BCUT2D eigenvalue weighted by molar-refractivity contribution is -0.161. The molecule has 1 atom stereocenters. The van der Waals surface area contributed by atoms with E-state index in [1.165, 1.54) is 11.6 Å². The summed E-state index contributed by atoms with van der Waals surface area (Å²) in [7, 11) is -2.59. The average molecular weight is 299 g/mol. The molecule has 0 radical (unpaired) electrons. The Labute approximate surface area is 123 Å². The Bertz CT molecular complexity index is 690. The van der Waals surface area contributed by atoms with Gasteiger partial charge in [0.2, 0.25) is 0 Å². The van der Waals surface area contributed by atoms with Crippen molar-refractivity contribution in [1.29, 1.82) is 0 Å². The van der Waals surface area contributed by atoms with E-state index in [1.54, 1.807) is 6.08 Å². The first kappa shape index (κ1) is 15.0. The highest BCUT2D eigenvalue weighted by atomic mass is 31.1. The normalized spacial score (nSPS) is 10.6. The van der Waals surface area contributed by atoms with Gasteiger partial charge in [-0.3, -0.25) is 4.98 Å². The molecule has 0 saturated carbocycles. The predicted octanol–water partition coefficient (Wildman–Crippen LogP) is 2.10. The molecular weight excluding hydrogens is 285 g/mol. The summed E-state index contributed by atoms with van der Waals surface area (Å²) in [6.45, 7) is 3.51. The minimum atomic E-state index is -2.59. The molecule has 106 valence electrons. The number of H-pyrrole nitrogens is 1. The van der Waals surface area contributed by atoms with Crippen LogP contribution < -0.4 is 10.5 Å². The van der Waals surface area contributed by atoms with Gasteiger partial charge in [0.05, 0.1) is 11.7 Å². The van der Waals surface area contributed by atoms with Crippen LogP contribution in [-0.2, 0) is 11.0 Å². The van der Waals surface area contributed by atoms with Crippen molar-refractivity contribution in [2.45, 2.75) is 6.42 Å². The third kappa shape index (κ3) is 4.31. The smallest absolute Gasteiger partial charge is 0.389 e. The van der Waals surface area contributed by atoms with Crippen molar-refractivity contribution in [3.8, 4) is 0 Å². The minimum absolute atomic E-state index is 0.0110. The van der Waals surface area contributed by atoms with E-state index in [2.05, 4.69) is 33.7 Å². The second kappa shape index (κ2) is 7.43. The van der Waals surface area contributed by atoms with Crippen LogP contribution in [-0.4, -0.2) is 15.0 Å². The van der Waals surface area contributed by atoms with Crippen molar-refractivity contribution in [3.05, 3.63) is 67.1 Å². The van der Waals surface area contributed by atoms with E-state index in [4.69, 9.17) is 0 Å². The molecule has 0 aliphatic heterocycles. The predicted molar refractivity (Wildman–Crippen MR) is 81.5 cm³/mol. The van der Waals surface area contributed by atoms with Gasteiger partial charge in [-0.1, -0.05) is 34.9 Å². The molecule has 0 amide bonds. The number of aromatic amines is 1. The van der Waals surface area contributed by atoms with Crippen molar-refractivity contribution in [2.24, 2.45) is 0 Å². The number of para-hydroxylation sites is 1. The first-order chi connectivity index (χ1) is 10.2. The quantitative estimate of drug-likeness (QED) is 0.593. The molecule has 6 heteroatoms. The van der Waals surface area contributed by atoms with Crippen LogP contribution in [0.4, 0.5) is 0 Å². The number of pyridine rings is 1. The Morgan fingerprint density at radius 1 is 1.24 bits per heavy atom. The van der Waals surface area contributed by atoms with Crippen LogP contribution in [0.5, 0.6) is 0 Å². The molecule has 1 N–H and O–H groups in total. The van der Waals surface area contributed by atoms with E-state index in [0.717, 1.165) is 11.2 Å². The molecule has 1 aromatic carbocycles. The summed E-state index contributed by atoms with van der Waals surface area (Å²) in [5.41, 5.74) is 1.83. The zero-order valence-electron chi connectivity index (χ0n) is 11.3. The summed E-state index contributed by atoms with van der Waals surface area (Å²) in [5.74, 6) is 0. The lowest BCUT2D eigenvalue weighted by atomic mass is 10.2. The van der Waals surface area contributed by atoms with E-state index < -0.39 is 8.03 Å². The number of benzene rings is 1. The Morgan fingerprint density at radius 2 is 2.00 bits per heavy atom. The van der Waals surface area contributed by atoms with E-state index in [-0.39, 0.29) is 5.57 Å². The molecule has 2 heterocycles. The Balaban J connectivity index is 0.000000154. The SMILES string of the molecule is C=CCc1cnc([P+](=O)[O-])[nH]1.c1ccc2ncccc2c1. The molecule has 0 fully saturated rings. The third-order valence-electron chi connectivity index (χ3n) is 2.66. The van der Waals surface area contributed by atoms with Crippen LogP contribution in [0.25, 0.3) is 10.9 Å². The highest BCUT2D eigenvalue weighted by molar-refractivity contribution is 7.45. The number of aromatic nitrogens is 3. The Kier molecular flexibility index (Phi) is 5.32. The van der Waals surface area contributed by atoms with Gasteiger partial charge in [0.25, 0.3) is 0 Å². The fourth-order valence-electron chi connectivity index (χ4n) is 1.72. The van der Waals surface area contributed by atoms with E-state index in [0.29, 0.717) is 6.42 Å². The molecule has 21 heavy (non-hydrogen) atoms. The molecule has 3 rings (SSSR count). The first-order valence-electron chi connectivity index (χ1n) is 6.29. The van der Waals surface area contributed by atoms with Crippen LogP contribution in [0, 0.1) is 0 Å². The fourth-order valence-corrected chi connectivity index (χ4v) is 2.10. The van der Waals surface area contributed by atoms with Gasteiger partial charge in [-0.15, -0.1) is 6.58 Å². The van der Waals surface area contributed by atoms with Crippen LogP contribution in [0.1, 0.15) is 5.69 Å². The van der Waals surface area contributed by atoms with Crippen LogP contribution in [0.2, 0.25) is 0 Å². The number of nitrogens with one attached hydrogen (secondary N) is 1. The molecule has 5 nitrogen and oxygen atoms in total. The summed E-state index contributed by atoms with van der Waals surface area (Å²) in [4.78, 5) is 20.8. The summed E-state index contributed by atoms with van der Waals surface area (Å²) in [5, 5.41) is 1.20. The molecule has 0 bridgehead atoms. The largest absolute Gasteiger partial charge is 0.588 e. The minimum Gasteiger partial charge on any atom is -0.588 e. The monoisotopic (exact) mass is 299 g/mol. The number of rotatable bonds is 3. The topological polar surface area (TPSA) is 81.7 Å². The Hall–Kier alpha value is -2.36. The highest BCUT2D eigenvalue weighted by Gasteiger charge is 2.10. The second-order valence-corrected chi connectivity index (χ2v) is 5.12. The number of fused-ring (bicyclic) bond motifs is 1. The standard InChI is InChI=1S/C9H7N.C6H7N2O2P/c1-2-6-9-8(4-1)5-3-7-10-9;1-2-3-5-4-7-6(8-5)11(9)10/h1-7H;2,4H,1,3H2,(H,7,8). The molecule has 0 saturated heterocycles. The van der Waals surface area contributed by atoms with Crippen LogP contribution in [0.3, 0.4) is 0 Å². The van der Waals surface area contributed by atoms with E-state index in [1.807, 2.05) is 30.5 Å². The van der Waals surface area contributed by atoms with Crippen molar-refractivity contribution >= 4 is 24.5 Å². The van der Waals surface area contributed by atoms with Gasteiger partial charge in [0.1, 0.15) is 0 Å². The highest BCUT2D eigenvalue weighted by Crippen LogP contribution is 2.08. The molecule has 0 aliphatic carbocycles. The molecule has 0 aliphatic rings. The van der Waals surface area contributed by atoms with Crippen LogP contribution >= 0.6 is 8.03 Å². The number of hydrogen-bond acceptors (Lipinski definition) is 4. The number of imidazole rings is 1. The average Bonchev–Trinajstić information content (AvgIpc) is 2.97. The van der Waals surface area contributed by atoms with Gasteiger partial charge in [-0.25, -0.2) is 0 Å². The van der Waals surface area contributed by atoms with Crippen LogP contribution in [0.15, 0.2) is 61.4 Å². The zero-order chi connectivity index (χ0) is 15.1. The van der Waals surface area contributed by atoms with Crippen molar-refractivity contribution in [1.82, 2.24) is 15.0 Å². The molecule has 1 unspecified atom stereocenters. The first-order valence-corrected chi connectivity index (χ1v) is 7.47. The molecular formula is C15H14N3O2P.